The Hall–Kier alpha value is -0.170. The Bertz CT molecular complexity index is 239. The van der Waals surface area contributed by atoms with Crippen molar-refractivity contribution in [2.45, 2.75) is 31.4 Å². The molecule has 12 heavy (non-hydrogen) atoms. The molecule has 0 aromatic carbocycles. The first-order valence-corrected chi connectivity index (χ1v) is 5.39. The molecule has 1 fully saturated rings. The van der Waals surface area contributed by atoms with Crippen molar-refractivity contribution in [1.82, 2.24) is 4.72 Å². The number of rotatable bonds is 3. The molecule has 2 atom stereocenters. The Morgan fingerprint density at radius 1 is 1.50 bits per heavy atom. The molecular weight excluding hydrogens is 180 g/mol. The summed E-state index contributed by atoms with van der Waals surface area (Å²) in [7, 11) is -1.92. The lowest BCUT2D eigenvalue weighted by Gasteiger charge is -2.09. The second-order valence-electron chi connectivity index (χ2n) is 3.03. The smallest absolute Gasteiger partial charge is 0.274 e. The van der Waals surface area contributed by atoms with Gasteiger partial charge in [0.05, 0.1) is 6.10 Å². The number of hydrogen-bond donors (Lipinski definition) is 2. The molecule has 0 saturated heterocycles. The number of nitrogens with one attached hydrogen (secondary N) is 1. The standard InChI is InChI=1S/C6H14N2O3S/c1-11-6-3-2-5(4-6)8-12(7,9)10/h5-6,8H,2-4H2,1H3,(H2,7,9,10). The SMILES string of the molecule is COC1CCC(NS(N)(=O)=O)C1. The third kappa shape index (κ3) is 3.06. The van der Waals surface area contributed by atoms with Crippen LogP contribution in [0.15, 0.2) is 0 Å². The van der Waals surface area contributed by atoms with Gasteiger partial charge in [-0.1, -0.05) is 0 Å². The molecule has 3 N–H and O–H groups in total. The second kappa shape index (κ2) is 3.69. The lowest BCUT2D eigenvalue weighted by molar-refractivity contribution is 0.107. The topological polar surface area (TPSA) is 81.4 Å². The summed E-state index contributed by atoms with van der Waals surface area (Å²) in [5.74, 6) is 0. The quantitative estimate of drug-likeness (QED) is 0.626. The van der Waals surface area contributed by atoms with Crippen molar-refractivity contribution in [3.63, 3.8) is 0 Å². The van der Waals surface area contributed by atoms with E-state index in [1.807, 2.05) is 0 Å². The van der Waals surface area contributed by atoms with E-state index in [0.29, 0.717) is 6.42 Å². The lowest BCUT2D eigenvalue weighted by Crippen LogP contribution is -2.38. The van der Waals surface area contributed by atoms with Gasteiger partial charge in [-0.2, -0.15) is 13.1 Å². The molecule has 0 aliphatic heterocycles. The Labute approximate surface area is 72.5 Å². The van der Waals surface area contributed by atoms with Crippen LogP contribution in [-0.4, -0.2) is 27.7 Å². The Morgan fingerprint density at radius 3 is 2.58 bits per heavy atom. The van der Waals surface area contributed by atoms with Gasteiger partial charge in [0.1, 0.15) is 0 Å². The van der Waals surface area contributed by atoms with Crippen molar-refractivity contribution < 1.29 is 13.2 Å². The summed E-state index contributed by atoms with van der Waals surface area (Å²) in [6.45, 7) is 0. The van der Waals surface area contributed by atoms with E-state index in [0.717, 1.165) is 12.8 Å². The van der Waals surface area contributed by atoms with Crippen LogP contribution in [0, 0.1) is 0 Å². The molecule has 0 amide bonds. The number of hydrogen-bond acceptors (Lipinski definition) is 3. The highest BCUT2D eigenvalue weighted by Crippen LogP contribution is 2.21. The molecule has 6 heteroatoms. The minimum atomic E-state index is -3.54. The van der Waals surface area contributed by atoms with Gasteiger partial charge in [-0.05, 0) is 19.3 Å². The van der Waals surface area contributed by atoms with Crippen LogP contribution in [-0.2, 0) is 14.9 Å². The van der Waals surface area contributed by atoms with E-state index in [-0.39, 0.29) is 12.1 Å². The maximum Gasteiger partial charge on any atom is 0.274 e. The molecule has 72 valence electrons. The Balaban J connectivity index is 2.38. The molecule has 0 aromatic heterocycles. The molecular formula is C6H14N2O3S. The van der Waals surface area contributed by atoms with E-state index in [2.05, 4.69) is 4.72 Å². The van der Waals surface area contributed by atoms with Gasteiger partial charge in [0.15, 0.2) is 0 Å². The normalized spacial score (nSPS) is 30.8. The predicted octanol–water partition coefficient (Wildman–Crippen LogP) is -0.653. The lowest BCUT2D eigenvalue weighted by atomic mass is 10.3. The highest BCUT2D eigenvalue weighted by molar-refractivity contribution is 7.87. The fraction of sp³-hybridized carbons (Fsp3) is 1.00. The monoisotopic (exact) mass is 194 g/mol. The molecule has 5 nitrogen and oxygen atoms in total. The van der Waals surface area contributed by atoms with Crippen LogP contribution in [0.2, 0.25) is 0 Å². The summed E-state index contributed by atoms with van der Waals surface area (Å²) in [5, 5.41) is 4.82. The van der Waals surface area contributed by atoms with Gasteiger partial charge < -0.3 is 4.74 Å². The minimum absolute atomic E-state index is 0.0510. The van der Waals surface area contributed by atoms with Gasteiger partial charge in [-0.15, -0.1) is 0 Å². The zero-order chi connectivity index (χ0) is 9.19. The first-order valence-electron chi connectivity index (χ1n) is 3.84. The maximum atomic E-state index is 10.6. The van der Waals surface area contributed by atoms with Crippen LogP contribution in [0.25, 0.3) is 0 Å². The van der Waals surface area contributed by atoms with E-state index in [1.54, 1.807) is 7.11 Å². The van der Waals surface area contributed by atoms with Gasteiger partial charge in [0.2, 0.25) is 0 Å². The third-order valence-corrected chi connectivity index (χ3v) is 2.71. The Kier molecular flexibility index (Phi) is 3.05. The van der Waals surface area contributed by atoms with Crippen LogP contribution in [0.1, 0.15) is 19.3 Å². The molecule has 1 aliphatic carbocycles. The van der Waals surface area contributed by atoms with E-state index in [4.69, 9.17) is 9.88 Å². The van der Waals surface area contributed by atoms with Crippen molar-refractivity contribution in [2.24, 2.45) is 5.14 Å². The van der Waals surface area contributed by atoms with E-state index in [1.165, 1.54) is 0 Å². The van der Waals surface area contributed by atoms with Crippen molar-refractivity contribution >= 4 is 10.2 Å². The van der Waals surface area contributed by atoms with E-state index in [9.17, 15) is 8.42 Å². The molecule has 0 radical (unpaired) electrons. The van der Waals surface area contributed by atoms with Gasteiger partial charge in [0.25, 0.3) is 10.2 Å². The highest BCUT2D eigenvalue weighted by atomic mass is 32.2. The van der Waals surface area contributed by atoms with Crippen molar-refractivity contribution in [3.8, 4) is 0 Å². The van der Waals surface area contributed by atoms with Crippen LogP contribution < -0.4 is 9.86 Å². The molecule has 0 aromatic rings. The summed E-state index contributed by atoms with van der Waals surface area (Å²) in [5.41, 5.74) is 0. The largest absolute Gasteiger partial charge is 0.381 e. The summed E-state index contributed by atoms with van der Waals surface area (Å²) < 4.78 is 28.6. The second-order valence-corrected chi connectivity index (χ2v) is 4.36. The summed E-state index contributed by atoms with van der Waals surface area (Å²) >= 11 is 0. The average molecular weight is 194 g/mol. The number of nitrogens with two attached hydrogens (primary N) is 1. The van der Waals surface area contributed by atoms with Crippen molar-refractivity contribution in [2.75, 3.05) is 7.11 Å². The van der Waals surface area contributed by atoms with Gasteiger partial charge in [0, 0.05) is 13.2 Å². The minimum Gasteiger partial charge on any atom is -0.381 e. The Morgan fingerprint density at radius 2 is 2.17 bits per heavy atom. The molecule has 1 aliphatic rings. The average Bonchev–Trinajstić information content (AvgIpc) is 2.32. The molecule has 0 bridgehead atoms. The first kappa shape index (κ1) is 9.91. The first-order chi connectivity index (χ1) is 5.51. The zero-order valence-corrected chi connectivity index (χ0v) is 7.80. The molecule has 0 heterocycles. The van der Waals surface area contributed by atoms with Crippen molar-refractivity contribution in [1.29, 1.82) is 0 Å². The van der Waals surface area contributed by atoms with Gasteiger partial charge in [-0.3, -0.25) is 0 Å². The highest BCUT2D eigenvalue weighted by Gasteiger charge is 2.26. The predicted molar refractivity (Wildman–Crippen MR) is 44.7 cm³/mol. The summed E-state index contributed by atoms with van der Waals surface area (Å²) in [4.78, 5) is 0. The summed E-state index contributed by atoms with van der Waals surface area (Å²) in [6, 6.07) is -0.0510. The van der Waals surface area contributed by atoms with E-state index < -0.39 is 10.2 Å². The number of ether oxygens (including phenoxy) is 1. The van der Waals surface area contributed by atoms with Gasteiger partial charge in [-0.25, -0.2) is 5.14 Å². The third-order valence-electron chi connectivity index (χ3n) is 2.05. The summed E-state index contributed by atoms with van der Waals surface area (Å²) in [6.07, 6.45) is 2.58. The fourth-order valence-electron chi connectivity index (χ4n) is 1.49. The van der Waals surface area contributed by atoms with Crippen LogP contribution in [0.3, 0.4) is 0 Å². The van der Waals surface area contributed by atoms with Crippen LogP contribution in [0.5, 0.6) is 0 Å². The van der Waals surface area contributed by atoms with Gasteiger partial charge >= 0.3 is 0 Å². The van der Waals surface area contributed by atoms with Crippen LogP contribution in [0.4, 0.5) is 0 Å². The zero-order valence-electron chi connectivity index (χ0n) is 6.99. The molecule has 1 saturated carbocycles. The molecule has 1 rings (SSSR count). The van der Waals surface area contributed by atoms with Crippen molar-refractivity contribution in [3.05, 3.63) is 0 Å². The van der Waals surface area contributed by atoms with Crippen LogP contribution >= 0.6 is 0 Å². The maximum absolute atomic E-state index is 10.6. The molecule has 2 unspecified atom stereocenters. The fourth-order valence-corrected chi connectivity index (χ4v) is 2.17. The molecule has 0 spiro atoms. The van der Waals surface area contributed by atoms with E-state index >= 15 is 0 Å². The number of methoxy groups -OCH3 is 1.